The molecule has 1 aliphatic heterocycles. The van der Waals surface area contributed by atoms with E-state index in [-0.39, 0.29) is 12.4 Å². The normalized spacial score (nSPS) is 22.0. The molecule has 126 valence electrons. The zero-order chi connectivity index (χ0) is 15.9. The number of allylic oxidation sites excluding steroid dienone is 1. The van der Waals surface area contributed by atoms with Gasteiger partial charge in [0.05, 0.1) is 6.42 Å². The van der Waals surface area contributed by atoms with E-state index in [1.54, 1.807) is 0 Å². The molecule has 3 nitrogen and oxygen atoms in total. The van der Waals surface area contributed by atoms with E-state index in [9.17, 15) is 9.59 Å². The molecule has 0 aliphatic carbocycles. The highest BCUT2D eigenvalue weighted by atomic mass is 16.6. The van der Waals surface area contributed by atoms with Gasteiger partial charge >= 0.3 is 11.9 Å². The van der Waals surface area contributed by atoms with E-state index < -0.39 is 5.97 Å². The van der Waals surface area contributed by atoms with Gasteiger partial charge in [0, 0.05) is 6.42 Å². The first kappa shape index (κ1) is 18.9. The highest BCUT2D eigenvalue weighted by Crippen LogP contribution is 2.13. The molecule has 0 N–H and O–H groups in total. The average molecular weight is 308 g/mol. The number of rotatable bonds is 0. The third kappa shape index (κ3) is 11.5. The van der Waals surface area contributed by atoms with Crippen molar-refractivity contribution in [1.29, 1.82) is 0 Å². The van der Waals surface area contributed by atoms with Gasteiger partial charge in [0.25, 0.3) is 0 Å². The van der Waals surface area contributed by atoms with Gasteiger partial charge < -0.3 is 4.74 Å². The summed E-state index contributed by atoms with van der Waals surface area (Å²) in [5.74, 6) is -0.788. The molecule has 0 aromatic carbocycles. The van der Waals surface area contributed by atoms with Gasteiger partial charge in [0.2, 0.25) is 0 Å². The van der Waals surface area contributed by atoms with Crippen LogP contribution in [-0.2, 0) is 14.3 Å². The number of carbonyl (C=O) groups is 2. The second-order valence-corrected chi connectivity index (χ2v) is 6.30. The standard InChI is InChI=1S/C19H32O3/c20-18-16-14-12-10-8-6-4-2-1-3-5-7-9-11-13-15-17-19(21)22-18/h12,14H,1-11,13,15-17H2. The number of esters is 2. The monoisotopic (exact) mass is 308 g/mol. The molecular formula is C19H32O3. The predicted molar refractivity (Wildman–Crippen MR) is 89.5 cm³/mol. The number of cyclic esters (lactones) is 2. The molecule has 0 radical (unpaired) electrons. The summed E-state index contributed by atoms with van der Waals surface area (Å²) in [4.78, 5) is 23.0. The van der Waals surface area contributed by atoms with Crippen LogP contribution in [0.2, 0.25) is 0 Å². The predicted octanol–water partition coefficient (Wildman–Crippen LogP) is 5.48. The van der Waals surface area contributed by atoms with E-state index in [2.05, 4.69) is 0 Å². The van der Waals surface area contributed by atoms with Crippen molar-refractivity contribution in [3.63, 3.8) is 0 Å². The topological polar surface area (TPSA) is 43.4 Å². The number of ether oxygens (including phenoxy) is 1. The lowest BCUT2D eigenvalue weighted by Crippen LogP contribution is -2.11. The van der Waals surface area contributed by atoms with Crippen LogP contribution in [0.25, 0.3) is 0 Å². The van der Waals surface area contributed by atoms with Crippen LogP contribution in [-0.4, -0.2) is 11.9 Å². The van der Waals surface area contributed by atoms with Crippen LogP contribution in [0.3, 0.4) is 0 Å². The third-order valence-corrected chi connectivity index (χ3v) is 4.18. The second kappa shape index (κ2) is 13.5. The molecule has 0 amide bonds. The third-order valence-electron chi connectivity index (χ3n) is 4.18. The molecule has 1 heterocycles. The van der Waals surface area contributed by atoms with E-state index >= 15 is 0 Å². The molecule has 0 saturated carbocycles. The second-order valence-electron chi connectivity index (χ2n) is 6.30. The Morgan fingerprint density at radius 3 is 1.68 bits per heavy atom. The maximum atomic E-state index is 11.5. The molecule has 3 heteroatoms. The Bertz CT molecular complexity index is 334. The van der Waals surface area contributed by atoms with Crippen LogP contribution in [0.4, 0.5) is 0 Å². The van der Waals surface area contributed by atoms with Crippen molar-refractivity contribution in [2.45, 2.75) is 96.3 Å². The minimum atomic E-state index is -0.421. The molecule has 0 spiro atoms. The van der Waals surface area contributed by atoms with E-state index in [4.69, 9.17) is 4.74 Å². The van der Waals surface area contributed by atoms with Gasteiger partial charge in [-0.3, -0.25) is 9.59 Å². The van der Waals surface area contributed by atoms with Crippen molar-refractivity contribution < 1.29 is 14.3 Å². The molecule has 1 rings (SSSR count). The maximum absolute atomic E-state index is 11.5. The Morgan fingerprint density at radius 1 is 0.591 bits per heavy atom. The molecule has 0 atom stereocenters. The summed E-state index contributed by atoms with van der Waals surface area (Å²) in [7, 11) is 0. The fourth-order valence-corrected chi connectivity index (χ4v) is 2.82. The summed E-state index contributed by atoms with van der Waals surface area (Å²) in [6.45, 7) is 0. The first-order valence-corrected chi connectivity index (χ1v) is 9.17. The largest absolute Gasteiger partial charge is 0.393 e. The fourth-order valence-electron chi connectivity index (χ4n) is 2.82. The highest BCUT2D eigenvalue weighted by Gasteiger charge is 2.08. The SMILES string of the molecule is O=C1CC=CCCCCCCCCCCCCCCC(=O)O1. The first-order valence-electron chi connectivity index (χ1n) is 9.17. The van der Waals surface area contributed by atoms with Gasteiger partial charge in [-0.25, -0.2) is 0 Å². The molecule has 0 saturated heterocycles. The van der Waals surface area contributed by atoms with Gasteiger partial charge in [-0.1, -0.05) is 76.4 Å². The molecule has 0 aromatic heterocycles. The van der Waals surface area contributed by atoms with Crippen molar-refractivity contribution in [2.24, 2.45) is 0 Å². The van der Waals surface area contributed by atoms with Gasteiger partial charge in [0.15, 0.2) is 0 Å². The van der Waals surface area contributed by atoms with Crippen LogP contribution < -0.4 is 0 Å². The van der Waals surface area contributed by atoms with Gasteiger partial charge in [-0.05, 0) is 19.3 Å². The van der Waals surface area contributed by atoms with Crippen molar-refractivity contribution >= 4 is 11.9 Å². The molecule has 0 unspecified atom stereocenters. The Kier molecular flexibility index (Phi) is 11.6. The average Bonchev–Trinajstić information content (AvgIpc) is 2.49. The molecular weight excluding hydrogens is 276 g/mol. The zero-order valence-corrected chi connectivity index (χ0v) is 14.0. The van der Waals surface area contributed by atoms with Crippen molar-refractivity contribution in [3.8, 4) is 0 Å². The lowest BCUT2D eigenvalue weighted by Gasteiger charge is -2.04. The Hall–Kier alpha value is -1.12. The highest BCUT2D eigenvalue weighted by molar-refractivity contribution is 5.86. The minimum absolute atomic E-state index is 0.214. The molecule has 0 bridgehead atoms. The van der Waals surface area contributed by atoms with Gasteiger partial charge in [-0.2, -0.15) is 0 Å². The Morgan fingerprint density at radius 2 is 1.09 bits per heavy atom. The van der Waals surface area contributed by atoms with E-state index in [0.29, 0.717) is 6.42 Å². The maximum Gasteiger partial charge on any atom is 0.317 e. The molecule has 0 fully saturated rings. The molecule has 22 heavy (non-hydrogen) atoms. The van der Waals surface area contributed by atoms with Crippen molar-refractivity contribution in [2.75, 3.05) is 0 Å². The first-order chi connectivity index (χ1) is 10.8. The summed E-state index contributed by atoms with van der Waals surface area (Å²) in [5.41, 5.74) is 0. The fraction of sp³-hybridized carbons (Fsp3) is 0.789. The van der Waals surface area contributed by atoms with Gasteiger partial charge in [-0.15, -0.1) is 0 Å². The van der Waals surface area contributed by atoms with Crippen LogP contribution >= 0.6 is 0 Å². The van der Waals surface area contributed by atoms with Crippen LogP contribution in [0.15, 0.2) is 12.2 Å². The Balaban J connectivity index is 2.26. The van der Waals surface area contributed by atoms with E-state index in [1.807, 2.05) is 12.2 Å². The zero-order valence-electron chi connectivity index (χ0n) is 14.0. The van der Waals surface area contributed by atoms with Crippen LogP contribution in [0.1, 0.15) is 96.3 Å². The summed E-state index contributed by atoms with van der Waals surface area (Å²) < 4.78 is 4.80. The number of carbonyl (C=O) groups excluding carboxylic acids is 2. The summed E-state index contributed by atoms with van der Waals surface area (Å²) in [5, 5.41) is 0. The summed E-state index contributed by atoms with van der Waals surface area (Å²) in [6, 6.07) is 0. The summed E-state index contributed by atoms with van der Waals surface area (Å²) in [6.07, 6.45) is 20.3. The number of hydrogen-bond donors (Lipinski definition) is 0. The lowest BCUT2D eigenvalue weighted by molar-refractivity contribution is -0.159. The van der Waals surface area contributed by atoms with Crippen molar-refractivity contribution in [3.05, 3.63) is 12.2 Å². The van der Waals surface area contributed by atoms with Gasteiger partial charge in [0.1, 0.15) is 0 Å². The van der Waals surface area contributed by atoms with E-state index in [0.717, 1.165) is 19.3 Å². The van der Waals surface area contributed by atoms with Crippen LogP contribution in [0.5, 0.6) is 0 Å². The molecule has 0 aromatic rings. The number of hydrogen-bond acceptors (Lipinski definition) is 3. The smallest absolute Gasteiger partial charge is 0.317 e. The van der Waals surface area contributed by atoms with Crippen molar-refractivity contribution in [1.82, 2.24) is 0 Å². The summed E-state index contributed by atoms with van der Waals surface area (Å²) >= 11 is 0. The van der Waals surface area contributed by atoms with E-state index in [1.165, 1.54) is 64.2 Å². The van der Waals surface area contributed by atoms with Crippen LogP contribution in [0, 0.1) is 0 Å². The minimum Gasteiger partial charge on any atom is -0.393 e. The quantitative estimate of drug-likeness (QED) is 0.338. The Labute approximate surface area is 135 Å². The molecule has 1 aliphatic rings. The lowest BCUT2D eigenvalue weighted by atomic mass is 10.0.